The van der Waals surface area contributed by atoms with Crippen molar-refractivity contribution in [1.82, 2.24) is 0 Å². The maximum atomic E-state index is 13.6. The number of ketones is 1. The molecule has 3 fully saturated rings. The van der Waals surface area contributed by atoms with E-state index in [-0.39, 0.29) is 36.2 Å². The highest BCUT2D eigenvalue weighted by atomic mass is 16.9. The van der Waals surface area contributed by atoms with Gasteiger partial charge in [-0.2, -0.15) is 0 Å². The lowest BCUT2D eigenvalue weighted by molar-refractivity contribution is -0.421. The third-order valence-corrected chi connectivity index (χ3v) is 9.27. The van der Waals surface area contributed by atoms with Crippen LogP contribution in [-0.2, 0) is 30.2 Å². The Bertz CT molecular complexity index is 1150. The van der Waals surface area contributed by atoms with E-state index in [9.17, 15) is 9.90 Å². The molecule has 2 saturated heterocycles. The normalized spacial score (nSPS) is 45.5. The molecule has 186 valence electrons. The highest BCUT2D eigenvalue weighted by Crippen LogP contribution is 2.68. The summed E-state index contributed by atoms with van der Waals surface area (Å²) in [6.45, 7) is 10.2. The van der Waals surface area contributed by atoms with E-state index < -0.39 is 22.8 Å². The lowest BCUT2D eigenvalue weighted by atomic mass is 9.54. The molecule has 0 spiro atoms. The Hall–Kier alpha value is -2.09. The van der Waals surface area contributed by atoms with Crippen LogP contribution < -0.4 is 0 Å². The molecule has 0 aromatic heterocycles. The third-order valence-electron chi connectivity index (χ3n) is 9.27. The van der Waals surface area contributed by atoms with Gasteiger partial charge in [0.2, 0.25) is 0 Å². The smallest absolute Gasteiger partial charge is 0.289 e. The zero-order valence-electron chi connectivity index (χ0n) is 20.9. The Morgan fingerprint density at radius 2 is 1.97 bits per heavy atom. The summed E-state index contributed by atoms with van der Waals surface area (Å²) in [4.78, 5) is 13.6. The van der Waals surface area contributed by atoms with Gasteiger partial charge in [0, 0.05) is 25.4 Å². The molecule has 1 saturated carbocycles. The number of rotatable bonds is 5. The fraction of sp³-hybridized carbons (Fsp3) is 0.552. The number of hydrogen-bond donors (Lipinski definition) is 1. The minimum atomic E-state index is -1.31. The molecule has 3 aliphatic carbocycles. The SMILES string of the molecule is C=C(C)[C@]12C[C@@H](C)[C@@]34OC(Cc5ccccc5)(O[C@@H]1[C@@H]3C=C(CO)C[C@]1(OC)C(=O)C(C)=C[C@@H]41)O2. The molecule has 6 heteroatoms. The van der Waals surface area contributed by atoms with Crippen molar-refractivity contribution in [3.8, 4) is 0 Å². The zero-order chi connectivity index (χ0) is 24.8. The Balaban J connectivity index is 1.59. The Kier molecular flexibility index (Phi) is 4.97. The van der Waals surface area contributed by atoms with Crippen LogP contribution in [0.5, 0.6) is 0 Å². The minimum Gasteiger partial charge on any atom is -0.392 e. The van der Waals surface area contributed by atoms with Crippen molar-refractivity contribution in [3.63, 3.8) is 0 Å². The van der Waals surface area contributed by atoms with Crippen molar-refractivity contribution in [2.75, 3.05) is 13.7 Å². The number of carbonyl (C=O) groups is 1. The Labute approximate surface area is 206 Å². The number of carbonyl (C=O) groups excluding carboxylic acids is 1. The molecular weight excluding hydrogens is 444 g/mol. The van der Waals surface area contributed by atoms with E-state index >= 15 is 0 Å². The van der Waals surface area contributed by atoms with E-state index in [1.165, 1.54) is 0 Å². The van der Waals surface area contributed by atoms with Crippen molar-refractivity contribution in [1.29, 1.82) is 0 Å². The van der Waals surface area contributed by atoms with Crippen LogP contribution in [0.1, 0.15) is 39.2 Å². The monoisotopic (exact) mass is 478 g/mol. The Morgan fingerprint density at radius 1 is 1.23 bits per heavy atom. The van der Waals surface area contributed by atoms with Gasteiger partial charge in [-0.05, 0) is 48.5 Å². The first-order chi connectivity index (χ1) is 16.7. The van der Waals surface area contributed by atoms with Crippen LogP contribution in [0.15, 0.2) is 65.8 Å². The van der Waals surface area contributed by atoms with Gasteiger partial charge in [0.05, 0.1) is 18.6 Å². The van der Waals surface area contributed by atoms with Crippen molar-refractivity contribution in [3.05, 3.63) is 71.3 Å². The van der Waals surface area contributed by atoms with Gasteiger partial charge in [-0.3, -0.25) is 4.79 Å². The fourth-order valence-electron chi connectivity index (χ4n) is 7.76. The van der Waals surface area contributed by atoms with Crippen LogP contribution in [0.25, 0.3) is 0 Å². The Morgan fingerprint density at radius 3 is 2.63 bits per heavy atom. The standard InChI is InChI=1S/C29H34O6/c1-17(2)26-13-19(4)29-22(12-21(16-30)14-27(32-5)23(29)11-18(3)24(27)31)25(26)33-28(34-26,35-29)15-20-9-7-6-8-10-20/h6-12,19,22-23,25,30H,1,13-16H2,2-5H3/t19-,22+,23-,25-,26-,27-,28?,29-/m1/s1. The third kappa shape index (κ3) is 2.80. The van der Waals surface area contributed by atoms with Gasteiger partial charge in [-0.25, -0.2) is 0 Å². The summed E-state index contributed by atoms with van der Waals surface area (Å²) in [7, 11) is 1.60. The topological polar surface area (TPSA) is 74.2 Å². The van der Waals surface area contributed by atoms with Gasteiger partial charge < -0.3 is 24.1 Å². The maximum Gasteiger partial charge on any atom is 0.289 e. The van der Waals surface area contributed by atoms with Gasteiger partial charge in [0.1, 0.15) is 17.3 Å². The second-order valence-electron chi connectivity index (χ2n) is 11.2. The van der Waals surface area contributed by atoms with Crippen LogP contribution in [0.3, 0.4) is 0 Å². The van der Waals surface area contributed by atoms with E-state index in [0.29, 0.717) is 24.8 Å². The summed E-state index contributed by atoms with van der Waals surface area (Å²) < 4.78 is 26.9. The molecule has 6 nitrogen and oxygen atoms in total. The van der Waals surface area contributed by atoms with Crippen molar-refractivity contribution in [2.24, 2.45) is 17.8 Å². The van der Waals surface area contributed by atoms with Gasteiger partial charge in [0.15, 0.2) is 5.78 Å². The molecule has 2 heterocycles. The van der Waals surface area contributed by atoms with E-state index in [1.54, 1.807) is 7.11 Å². The summed E-state index contributed by atoms with van der Waals surface area (Å²) in [5, 5.41) is 10.3. The molecule has 35 heavy (non-hydrogen) atoms. The van der Waals surface area contributed by atoms with Crippen LogP contribution in [0.2, 0.25) is 0 Å². The summed E-state index contributed by atoms with van der Waals surface area (Å²) >= 11 is 0. The van der Waals surface area contributed by atoms with E-state index in [2.05, 4.69) is 19.6 Å². The minimum absolute atomic E-state index is 0.00534. The predicted octanol–water partition coefficient (Wildman–Crippen LogP) is 3.89. The molecule has 6 rings (SSSR count). The number of methoxy groups -OCH3 is 1. The maximum absolute atomic E-state index is 13.6. The van der Waals surface area contributed by atoms with Crippen LogP contribution in [0, 0.1) is 17.8 Å². The predicted molar refractivity (Wildman–Crippen MR) is 129 cm³/mol. The van der Waals surface area contributed by atoms with Crippen LogP contribution in [-0.4, -0.2) is 53.5 Å². The van der Waals surface area contributed by atoms with E-state index in [0.717, 1.165) is 16.7 Å². The van der Waals surface area contributed by atoms with Crippen molar-refractivity contribution < 1.29 is 28.8 Å². The first-order valence-electron chi connectivity index (χ1n) is 12.5. The largest absolute Gasteiger partial charge is 0.392 e. The molecule has 1 N–H and O–H groups in total. The number of benzene rings is 1. The first-order valence-corrected chi connectivity index (χ1v) is 12.5. The number of hydrogen-bond acceptors (Lipinski definition) is 6. The average Bonchev–Trinajstić information content (AvgIpc) is 3.15. The highest BCUT2D eigenvalue weighted by molar-refractivity contribution is 6.05. The molecule has 1 aromatic carbocycles. The highest BCUT2D eigenvalue weighted by Gasteiger charge is 2.79. The molecule has 8 atom stereocenters. The summed E-state index contributed by atoms with van der Waals surface area (Å²) in [6, 6.07) is 10.1. The number of fused-ring (bicyclic) bond motifs is 2. The van der Waals surface area contributed by atoms with E-state index in [4.69, 9.17) is 18.9 Å². The molecule has 0 radical (unpaired) electrons. The molecule has 2 aliphatic heterocycles. The first kappa shape index (κ1) is 23.3. The molecular formula is C29H34O6. The molecule has 1 aromatic rings. The average molecular weight is 479 g/mol. The van der Waals surface area contributed by atoms with Gasteiger partial charge in [0.25, 0.3) is 5.97 Å². The van der Waals surface area contributed by atoms with Gasteiger partial charge in [-0.15, -0.1) is 0 Å². The van der Waals surface area contributed by atoms with Crippen molar-refractivity contribution in [2.45, 2.75) is 68.9 Å². The number of Topliss-reactive ketones (excluding diaryl/α,β-unsaturated/α-hetero) is 1. The van der Waals surface area contributed by atoms with Crippen molar-refractivity contribution >= 4 is 5.78 Å². The van der Waals surface area contributed by atoms with E-state index in [1.807, 2.05) is 50.3 Å². The number of ether oxygens (including phenoxy) is 4. The second kappa shape index (κ2) is 7.46. The van der Waals surface area contributed by atoms with Gasteiger partial charge >= 0.3 is 0 Å². The zero-order valence-corrected chi connectivity index (χ0v) is 20.9. The molecule has 1 unspecified atom stereocenters. The quantitative estimate of drug-likeness (QED) is 0.648. The van der Waals surface area contributed by atoms with Gasteiger partial charge in [-0.1, -0.05) is 56.0 Å². The van der Waals surface area contributed by atoms with Crippen LogP contribution >= 0.6 is 0 Å². The lowest BCUT2D eigenvalue weighted by Crippen LogP contribution is -2.70. The molecule has 3 bridgehead atoms. The number of aliphatic hydroxyl groups is 1. The summed E-state index contributed by atoms with van der Waals surface area (Å²) in [6.07, 6.45) is 5.17. The lowest BCUT2D eigenvalue weighted by Gasteiger charge is -2.59. The molecule has 5 aliphatic rings. The summed E-state index contributed by atoms with van der Waals surface area (Å²) in [5.41, 5.74) is 0.715. The fourth-order valence-corrected chi connectivity index (χ4v) is 7.76. The number of aliphatic hydroxyl groups excluding tert-OH is 1. The second-order valence-corrected chi connectivity index (χ2v) is 11.2. The molecule has 0 amide bonds. The summed E-state index contributed by atoms with van der Waals surface area (Å²) in [5.74, 6) is -1.93. The van der Waals surface area contributed by atoms with Crippen LogP contribution in [0.4, 0.5) is 0 Å².